The second-order valence-electron chi connectivity index (χ2n) is 3.60. The van der Waals surface area contributed by atoms with Crippen molar-refractivity contribution in [2.24, 2.45) is 0 Å². The number of nitrogens with zero attached hydrogens (tertiary/aromatic N) is 1. The zero-order chi connectivity index (χ0) is 13.9. The van der Waals surface area contributed by atoms with Crippen LogP contribution in [0, 0.1) is 17.0 Å². The molecule has 0 aliphatic heterocycles. The molecule has 0 saturated carbocycles. The minimum atomic E-state index is -1.23. The maximum absolute atomic E-state index is 10.9. The molecule has 6 nitrogen and oxygen atoms in total. The number of nitro benzene ring substituents is 1. The highest BCUT2D eigenvalue weighted by Crippen LogP contribution is 2.28. The fourth-order valence-corrected chi connectivity index (χ4v) is 1.45. The van der Waals surface area contributed by atoms with E-state index in [4.69, 9.17) is 16.7 Å². The third kappa shape index (κ3) is 3.21. The third-order valence-electron chi connectivity index (χ3n) is 2.29. The number of nitrogens with one attached hydrogen (secondary N) is 1. The molecule has 0 bridgehead atoms. The van der Waals surface area contributed by atoms with Crippen LogP contribution in [0.1, 0.15) is 15.9 Å². The molecule has 0 aromatic heterocycles. The first-order valence-electron chi connectivity index (χ1n) is 4.92. The van der Waals surface area contributed by atoms with Crippen molar-refractivity contribution in [1.82, 2.24) is 0 Å². The quantitative estimate of drug-likeness (QED) is 0.634. The van der Waals surface area contributed by atoms with Gasteiger partial charge >= 0.3 is 5.97 Å². The smallest absolute Gasteiger partial charge is 0.336 e. The topological polar surface area (TPSA) is 92.5 Å². The Labute approximate surface area is 108 Å². The van der Waals surface area contributed by atoms with E-state index in [1.165, 1.54) is 13.0 Å². The van der Waals surface area contributed by atoms with E-state index in [-0.39, 0.29) is 17.8 Å². The lowest BCUT2D eigenvalue weighted by Gasteiger charge is -2.10. The van der Waals surface area contributed by atoms with Crippen molar-refractivity contribution in [3.05, 3.63) is 45.0 Å². The van der Waals surface area contributed by atoms with Crippen molar-refractivity contribution in [3.63, 3.8) is 0 Å². The zero-order valence-electron chi connectivity index (χ0n) is 9.57. The van der Waals surface area contributed by atoms with E-state index in [0.29, 0.717) is 16.3 Å². The van der Waals surface area contributed by atoms with Gasteiger partial charge in [0.1, 0.15) is 0 Å². The first-order valence-corrected chi connectivity index (χ1v) is 5.30. The number of aromatic carboxylic acids is 1. The van der Waals surface area contributed by atoms with Gasteiger partial charge in [0.15, 0.2) is 0 Å². The molecule has 1 aromatic carbocycles. The average Bonchev–Trinajstić information content (AvgIpc) is 2.26. The summed E-state index contributed by atoms with van der Waals surface area (Å²) in [7, 11) is 0. The number of halogens is 1. The van der Waals surface area contributed by atoms with Crippen molar-refractivity contribution in [3.8, 4) is 0 Å². The molecular formula is C11H11ClN2O4. The summed E-state index contributed by atoms with van der Waals surface area (Å²) in [5, 5.41) is 22.8. The van der Waals surface area contributed by atoms with Gasteiger partial charge in [-0.15, -0.1) is 0 Å². The number of benzene rings is 1. The van der Waals surface area contributed by atoms with E-state index in [1.54, 1.807) is 0 Å². The van der Waals surface area contributed by atoms with Crippen LogP contribution in [0.3, 0.4) is 0 Å². The van der Waals surface area contributed by atoms with Gasteiger partial charge in [0.05, 0.1) is 17.0 Å². The van der Waals surface area contributed by atoms with E-state index >= 15 is 0 Å². The molecule has 96 valence electrons. The highest BCUT2D eigenvalue weighted by atomic mass is 35.5. The Morgan fingerprint density at radius 3 is 2.67 bits per heavy atom. The molecule has 2 N–H and O–H groups in total. The van der Waals surface area contributed by atoms with Crippen LogP contribution < -0.4 is 5.32 Å². The highest BCUT2D eigenvalue weighted by Gasteiger charge is 2.18. The van der Waals surface area contributed by atoms with Crippen molar-refractivity contribution in [2.75, 3.05) is 11.9 Å². The molecule has 0 aliphatic rings. The Balaban J connectivity index is 3.26. The summed E-state index contributed by atoms with van der Waals surface area (Å²) in [6.45, 7) is 5.20. The third-order valence-corrected chi connectivity index (χ3v) is 2.43. The number of hydrogen-bond donors (Lipinski definition) is 2. The summed E-state index contributed by atoms with van der Waals surface area (Å²) in [5.74, 6) is -1.23. The van der Waals surface area contributed by atoms with Crippen molar-refractivity contribution in [2.45, 2.75) is 6.92 Å². The lowest BCUT2D eigenvalue weighted by molar-refractivity contribution is -0.385. The SMILES string of the molecule is C=C(Cl)CNc1cc(C(=O)O)cc([N+](=O)[O-])c1C. The Morgan fingerprint density at radius 2 is 2.22 bits per heavy atom. The van der Waals surface area contributed by atoms with E-state index < -0.39 is 10.9 Å². The first-order chi connectivity index (χ1) is 8.32. The zero-order valence-corrected chi connectivity index (χ0v) is 10.3. The maximum atomic E-state index is 10.9. The minimum absolute atomic E-state index is 0.157. The van der Waals surface area contributed by atoms with E-state index in [1.807, 2.05) is 0 Å². The molecule has 7 heteroatoms. The van der Waals surface area contributed by atoms with Crippen LogP contribution in [0.15, 0.2) is 23.7 Å². The summed E-state index contributed by atoms with van der Waals surface area (Å²) >= 11 is 5.58. The molecule has 0 unspecified atom stereocenters. The van der Waals surface area contributed by atoms with Gasteiger partial charge in [-0.25, -0.2) is 4.79 Å². The molecule has 0 aliphatic carbocycles. The van der Waals surface area contributed by atoms with Crippen LogP contribution >= 0.6 is 11.6 Å². The van der Waals surface area contributed by atoms with Crippen molar-refractivity contribution in [1.29, 1.82) is 0 Å². The molecule has 0 amide bonds. The molecule has 0 radical (unpaired) electrons. The fraction of sp³-hybridized carbons (Fsp3) is 0.182. The van der Waals surface area contributed by atoms with Gasteiger partial charge in [-0.2, -0.15) is 0 Å². The summed E-state index contributed by atoms with van der Waals surface area (Å²) in [6, 6.07) is 2.35. The van der Waals surface area contributed by atoms with Crippen LogP contribution in [0.2, 0.25) is 0 Å². The van der Waals surface area contributed by atoms with Gasteiger partial charge in [-0.05, 0) is 13.0 Å². The maximum Gasteiger partial charge on any atom is 0.336 e. The van der Waals surface area contributed by atoms with Crippen LogP contribution in [0.25, 0.3) is 0 Å². The number of rotatable bonds is 5. The predicted molar refractivity (Wildman–Crippen MR) is 68.3 cm³/mol. The molecule has 1 aromatic rings. The summed E-state index contributed by atoms with van der Waals surface area (Å²) < 4.78 is 0. The molecule has 0 saturated heterocycles. The largest absolute Gasteiger partial charge is 0.478 e. The Bertz CT molecular complexity index is 528. The van der Waals surface area contributed by atoms with Gasteiger partial charge in [0.25, 0.3) is 5.69 Å². The summed E-state index contributed by atoms with van der Waals surface area (Å²) in [5.41, 5.74) is 0.291. The standard InChI is InChI=1S/C11H11ClN2O4/c1-6(12)5-13-9-3-8(11(15)16)4-10(7(9)2)14(17)18/h3-4,13H,1,5H2,2H3,(H,15,16). The van der Waals surface area contributed by atoms with Gasteiger partial charge in [0, 0.05) is 22.3 Å². The van der Waals surface area contributed by atoms with Crippen LogP contribution in [-0.2, 0) is 0 Å². The molecule has 0 heterocycles. The molecule has 0 atom stereocenters. The summed E-state index contributed by atoms with van der Waals surface area (Å²) in [4.78, 5) is 21.1. The number of hydrogen-bond acceptors (Lipinski definition) is 4. The van der Waals surface area contributed by atoms with Gasteiger partial charge < -0.3 is 10.4 Å². The van der Waals surface area contributed by atoms with E-state index in [2.05, 4.69) is 11.9 Å². The number of carboxylic acids is 1. The van der Waals surface area contributed by atoms with Gasteiger partial charge in [-0.1, -0.05) is 18.2 Å². The Kier molecular flexibility index (Phi) is 4.28. The first kappa shape index (κ1) is 14.0. The number of nitro groups is 1. The molecule has 1 rings (SSSR count). The lowest BCUT2D eigenvalue weighted by Crippen LogP contribution is -2.07. The van der Waals surface area contributed by atoms with Gasteiger partial charge in [-0.3, -0.25) is 10.1 Å². The minimum Gasteiger partial charge on any atom is -0.478 e. The normalized spacial score (nSPS) is 9.89. The lowest BCUT2D eigenvalue weighted by atomic mass is 10.1. The van der Waals surface area contributed by atoms with Crippen molar-refractivity contribution >= 4 is 28.9 Å². The second kappa shape index (κ2) is 5.50. The molecular weight excluding hydrogens is 260 g/mol. The van der Waals surface area contributed by atoms with E-state index in [0.717, 1.165) is 6.07 Å². The molecule has 0 fully saturated rings. The average molecular weight is 271 g/mol. The highest BCUT2D eigenvalue weighted by molar-refractivity contribution is 6.29. The second-order valence-corrected chi connectivity index (χ2v) is 4.14. The van der Waals surface area contributed by atoms with Crippen molar-refractivity contribution < 1.29 is 14.8 Å². The predicted octanol–water partition coefficient (Wildman–Crippen LogP) is 2.77. The van der Waals surface area contributed by atoms with Crippen LogP contribution in [0.5, 0.6) is 0 Å². The van der Waals surface area contributed by atoms with Crippen LogP contribution in [-0.4, -0.2) is 22.5 Å². The number of carbonyl (C=O) groups is 1. The monoisotopic (exact) mass is 270 g/mol. The Morgan fingerprint density at radius 1 is 1.61 bits per heavy atom. The number of carboxylic acid groups (broad SMARTS) is 1. The van der Waals surface area contributed by atoms with Gasteiger partial charge in [0.2, 0.25) is 0 Å². The fourth-order valence-electron chi connectivity index (χ4n) is 1.39. The van der Waals surface area contributed by atoms with Crippen LogP contribution in [0.4, 0.5) is 11.4 Å². The molecule has 0 spiro atoms. The van der Waals surface area contributed by atoms with E-state index in [9.17, 15) is 14.9 Å². The summed E-state index contributed by atoms with van der Waals surface area (Å²) in [6.07, 6.45) is 0. The molecule has 18 heavy (non-hydrogen) atoms. The number of anilines is 1. The Hall–Kier alpha value is -2.08.